The summed E-state index contributed by atoms with van der Waals surface area (Å²) in [4.78, 5) is 24.2. The standard InChI is InChI=1S/C16H12F2N6O2/c17-12-6-5-10(7-13(12)18)21-15(25)8-19-16(26)11-3-1-2-4-14(11)24-9-20-22-23-24/h1-7,9H,8H2,(H,19,26)(H,21,25). The third-order valence-corrected chi connectivity index (χ3v) is 3.36. The fourth-order valence-electron chi connectivity index (χ4n) is 2.17. The lowest BCUT2D eigenvalue weighted by Gasteiger charge is -2.10. The summed E-state index contributed by atoms with van der Waals surface area (Å²) < 4.78 is 27.3. The van der Waals surface area contributed by atoms with Gasteiger partial charge in [0.25, 0.3) is 5.91 Å². The van der Waals surface area contributed by atoms with E-state index in [1.165, 1.54) is 17.1 Å². The third-order valence-electron chi connectivity index (χ3n) is 3.36. The van der Waals surface area contributed by atoms with Crippen molar-refractivity contribution in [2.75, 3.05) is 11.9 Å². The van der Waals surface area contributed by atoms with Gasteiger partial charge in [0.1, 0.15) is 6.33 Å². The van der Waals surface area contributed by atoms with Gasteiger partial charge in [-0.05, 0) is 34.7 Å². The first-order chi connectivity index (χ1) is 12.5. The molecule has 0 radical (unpaired) electrons. The smallest absolute Gasteiger partial charge is 0.253 e. The highest BCUT2D eigenvalue weighted by atomic mass is 19.2. The zero-order chi connectivity index (χ0) is 18.5. The van der Waals surface area contributed by atoms with E-state index in [1.807, 2.05) is 0 Å². The highest BCUT2D eigenvalue weighted by Crippen LogP contribution is 2.14. The first-order valence-electron chi connectivity index (χ1n) is 7.40. The number of halogens is 2. The maximum atomic E-state index is 13.1. The van der Waals surface area contributed by atoms with Crippen LogP contribution in [0, 0.1) is 11.6 Å². The fourth-order valence-corrected chi connectivity index (χ4v) is 2.17. The van der Waals surface area contributed by atoms with Gasteiger partial charge in [0.2, 0.25) is 5.91 Å². The first kappa shape index (κ1) is 17.1. The molecule has 0 fully saturated rings. The highest BCUT2D eigenvalue weighted by molar-refractivity contribution is 6.01. The minimum atomic E-state index is -1.08. The number of hydrogen-bond donors (Lipinski definition) is 2. The molecule has 10 heteroatoms. The molecule has 0 aliphatic heterocycles. The Morgan fingerprint density at radius 1 is 1.08 bits per heavy atom. The Morgan fingerprint density at radius 2 is 1.88 bits per heavy atom. The van der Waals surface area contributed by atoms with Crippen LogP contribution in [0.15, 0.2) is 48.8 Å². The lowest BCUT2D eigenvalue weighted by Crippen LogP contribution is -2.33. The Balaban J connectivity index is 1.64. The van der Waals surface area contributed by atoms with E-state index in [4.69, 9.17) is 0 Å². The van der Waals surface area contributed by atoms with Crippen LogP contribution in [0.4, 0.5) is 14.5 Å². The van der Waals surface area contributed by atoms with Crippen molar-refractivity contribution in [2.24, 2.45) is 0 Å². The molecule has 0 spiro atoms. The van der Waals surface area contributed by atoms with Gasteiger partial charge >= 0.3 is 0 Å². The average Bonchev–Trinajstić information content (AvgIpc) is 3.17. The van der Waals surface area contributed by atoms with Crippen LogP contribution in [0.3, 0.4) is 0 Å². The fraction of sp³-hybridized carbons (Fsp3) is 0.0625. The highest BCUT2D eigenvalue weighted by Gasteiger charge is 2.14. The summed E-state index contributed by atoms with van der Waals surface area (Å²) in [7, 11) is 0. The van der Waals surface area contributed by atoms with Crippen molar-refractivity contribution in [3.63, 3.8) is 0 Å². The van der Waals surface area contributed by atoms with E-state index in [9.17, 15) is 18.4 Å². The third kappa shape index (κ3) is 3.86. The maximum Gasteiger partial charge on any atom is 0.253 e. The lowest BCUT2D eigenvalue weighted by molar-refractivity contribution is -0.115. The van der Waals surface area contributed by atoms with Crippen LogP contribution in [-0.4, -0.2) is 38.6 Å². The molecule has 3 rings (SSSR count). The first-order valence-corrected chi connectivity index (χ1v) is 7.40. The van der Waals surface area contributed by atoms with Crippen LogP contribution in [-0.2, 0) is 4.79 Å². The predicted molar refractivity (Wildman–Crippen MR) is 86.5 cm³/mol. The molecule has 26 heavy (non-hydrogen) atoms. The molecule has 0 atom stereocenters. The number of tetrazole rings is 1. The number of rotatable bonds is 5. The van der Waals surface area contributed by atoms with E-state index in [0.29, 0.717) is 5.69 Å². The van der Waals surface area contributed by atoms with Crippen LogP contribution >= 0.6 is 0 Å². The van der Waals surface area contributed by atoms with Gasteiger partial charge in [-0.15, -0.1) is 5.10 Å². The van der Waals surface area contributed by atoms with E-state index >= 15 is 0 Å². The molecule has 0 aliphatic rings. The molecule has 8 nitrogen and oxygen atoms in total. The van der Waals surface area contributed by atoms with Gasteiger partial charge in [-0.25, -0.2) is 8.78 Å². The number of aromatic nitrogens is 4. The van der Waals surface area contributed by atoms with E-state index in [0.717, 1.165) is 12.1 Å². The quantitative estimate of drug-likeness (QED) is 0.716. The zero-order valence-electron chi connectivity index (χ0n) is 13.2. The van der Waals surface area contributed by atoms with Crippen LogP contribution in [0.5, 0.6) is 0 Å². The number of nitrogens with zero attached hydrogens (tertiary/aromatic N) is 4. The molecule has 0 aliphatic carbocycles. The maximum absolute atomic E-state index is 13.1. The molecule has 3 aromatic rings. The van der Waals surface area contributed by atoms with Crippen molar-refractivity contribution in [3.05, 3.63) is 66.0 Å². The van der Waals surface area contributed by atoms with Gasteiger partial charge in [-0.2, -0.15) is 4.68 Å². The van der Waals surface area contributed by atoms with Crippen LogP contribution < -0.4 is 10.6 Å². The van der Waals surface area contributed by atoms with Crippen molar-refractivity contribution in [2.45, 2.75) is 0 Å². The van der Waals surface area contributed by atoms with E-state index < -0.39 is 23.4 Å². The molecular formula is C16H12F2N6O2. The summed E-state index contributed by atoms with van der Waals surface area (Å²) in [6, 6.07) is 9.53. The summed E-state index contributed by atoms with van der Waals surface area (Å²) in [6.07, 6.45) is 1.34. The van der Waals surface area contributed by atoms with Crippen molar-refractivity contribution in [3.8, 4) is 5.69 Å². The Morgan fingerprint density at radius 3 is 2.62 bits per heavy atom. The summed E-state index contributed by atoms with van der Waals surface area (Å²) >= 11 is 0. The van der Waals surface area contributed by atoms with Crippen molar-refractivity contribution in [1.82, 2.24) is 25.5 Å². The molecule has 1 heterocycles. The van der Waals surface area contributed by atoms with Gasteiger partial charge < -0.3 is 10.6 Å². The van der Waals surface area contributed by atoms with Gasteiger partial charge in [-0.1, -0.05) is 12.1 Å². The Bertz CT molecular complexity index is 946. The molecule has 2 amide bonds. The minimum absolute atomic E-state index is 0.0808. The van der Waals surface area contributed by atoms with E-state index in [-0.39, 0.29) is 17.8 Å². The van der Waals surface area contributed by atoms with Crippen LogP contribution in [0.1, 0.15) is 10.4 Å². The number of carbonyl (C=O) groups excluding carboxylic acids is 2. The zero-order valence-corrected chi connectivity index (χ0v) is 13.2. The monoisotopic (exact) mass is 358 g/mol. The van der Waals surface area contributed by atoms with Gasteiger partial charge in [0, 0.05) is 11.8 Å². The number of hydrogen-bond acceptors (Lipinski definition) is 5. The molecule has 0 bridgehead atoms. The summed E-state index contributed by atoms with van der Waals surface area (Å²) in [5.74, 6) is -3.21. The molecular weight excluding hydrogens is 346 g/mol. The molecule has 1 aromatic heterocycles. The Kier molecular flexibility index (Phi) is 4.92. The molecule has 132 valence electrons. The second kappa shape index (κ2) is 7.47. The van der Waals surface area contributed by atoms with Crippen LogP contribution in [0.25, 0.3) is 5.69 Å². The minimum Gasteiger partial charge on any atom is -0.343 e. The van der Waals surface area contributed by atoms with E-state index in [2.05, 4.69) is 26.2 Å². The van der Waals surface area contributed by atoms with Crippen molar-refractivity contribution < 1.29 is 18.4 Å². The van der Waals surface area contributed by atoms with Gasteiger partial charge in [0.05, 0.1) is 17.8 Å². The summed E-state index contributed by atoms with van der Waals surface area (Å²) in [5, 5.41) is 15.6. The Labute approximate surface area is 145 Å². The van der Waals surface area contributed by atoms with Crippen molar-refractivity contribution in [1.29, 1.82) is 0 Å². The number of benzene rings is 2. The number of nitrogens with one attached hydrogen (secondary N) is 2. The SMILES string of the molecule is O=C(CNC(=O)c1ccccc1-n1cnnn1)Nc1ccc(F)c(F)c1. The van der Waals surface area contributed by atoms with E-state index in [1.54, 1.807) is 24.3 Å². The molecule has 0 unspecified atom stereocenters. The molecule has 0 saturated carbocycles. The Hall–Kier alpha value is -3.69. The number of para-hydroxylation sites is 1. The topological polar surface area (TPSA) is 102 Å². The summed E-state index contributed by atoms with van der Waals surface area (Å²) in [6.45, 7) is -0.359. The number of carbonyl (C=O) groups is 2. The number of anilines is 1. The number of amides is 2. The largest absolute Gasteiger partial charge is 0.343 e. The molecule has 2 N–H and O–H groups in total. The van der Waals surface area contributed by atoms with Gasteiger partial charge in [-0.3, -0.25) is 9.59 Å². The predicted octanol–water partition coefficient (Wildman–Crippen LogP) is 1.31. The normalized spacial score (nSPS) is 10.4. The second-order valence-corrected chi connectivity index (χ2v) is 5.13. The second-order valence-electron chi connectivity index (χ2n) is 5.13. The average molecular weight is 358 g/mol. The molecule has 2 aromatic carbocycles. The van der Waals surface area contributed by atoms with Gasteiger partial charge in [0.15, 0.2) is 11.6 Å². The lowest BCUT2D eigenvalue weighted by atomic mass is 10.1. The summed E-state index contributed by atoms with van der Waals surface area (Å²) in [5.41, 5.74) is 0.786. The van der Waals surface area contributed by atoms with Crippen LogP contribution in [0.2, 0.25) is 0 Å². The van der Waals surface area contributed by atoms with Crippen molar-refractivity contribution >= 4 is 17.5 Å². The molecule has 0 saturated heterocycles.